The number of amides is 2. The van der Waals surface area contributed by atoms with E-state index in [0.717, 1.165) is 5.01 Å². The van der Waals surface area contributed by atoms with Gasteiger partial charge in [-0.25, -0.2) is 4.98 Å². The van der Waals surface area contributed by atoms with Gasteiger partial charge >= 0.3 is 6.18 Å². The van der Waals surface area contributed by atoms with E-state index in [1.54, 1.807) is 42.5 Å². The molecular weight excluding hydrogens is 709 g/mol. The average molecular weight is 730 g/mol. The van der Waals surface area contributed by atoms with Gasteiger partial charge in [-0.15, -0.1) is 0 Å². The molecule has 1 saturated heterocycles. The van der Waals surface area contributed by atoms with Crippen molar-refractivity contribution in [3.63, 3.8) is 0 Å². The summed E-state index contributed by atoms with van der Waals surface area (Å²) in [5.74, 6) is -3.27. The van der Waals surface area contributed by atoms with Gasteiger partial charge in [-0.1, -0.05) is 54.1 Å². The Morgan fingerprint density at radius 2 is 1.90 bits per heavy atom. The van der Waals surface area contributed by atoms with Gasteiger partial charge < -0.3 is 9.84 Å². The lowest BCUT2D eigenvalue weighted by Gasteiger charge is -2.43. The molecule has 1 aliphatic heterocycles. The smallest absolute Gasteiger partial charge is 0.417 e. The normalized spacial score (nSPS) is 22.1. The van der Waals surface area contributed by atoms with Gasteiger partial charge in [0.25, 0.3) is 11.8 Å². The summed E-state index contributed by atoms with van der Waals surface area (Å²) in [6, 6.07) is 10.5. The summed E-state index contributed by atoms with van der Waals surface area (Å²) in [6.07, 6.45) is -0.547. The van der Waals surface area contributed by atoms with Gasteiger partial charge in [-0.05, 0) is 76.0 Å². The zero-order valence-electron chi connectivity index (χ0n) is 21.7. The van der Waals surface area contributed by atoms with Crippen LogP contribution in [-0.4, -0.2) is 34.0 Å². The number of nitrogens with one attached hydrogen (secondary N) is 1. The molecule has 2 heterocycles. The monoisotopic (exact) mass is 729 g/mol. The largest absolute Gasteiger partial charge is 0.504 e. The number of hydrogen-bond acceptors (Lipinski definition) is 6. The van der Waals surface area contributed by atoms with Gasteiger partial charge in [0.15, 0.2) is 17.3 Å². The SMILES string of the molecule is C=CC1=CCC2C(=O)N(Nc3ncc(C(F)(F)F)cc3Cl)C(=O)C2(c2ccc(Cl)cc2)C1c1cc(I)c(O)c(OC)c1. The van der Waals surface area contributed by atoms with Crippen LogP contribution in [0.5, 0.6) is 11.5 Å². The highest BCUT2D eigenvalue weighted by molar-refractivity contribution is 14.1. The lowest BCUT2D eigenvalue weighted by molar-refractivity contribution is -0.139. The van der Waals surface area contributed by atoms with Crippen molar-refractivity contribution in [2.24, 2.45) is 5.92 Å². The minimum Gasteiger partial charge on any atom is -0.504 e. The minimum atomic E-state index is -4.69. The average Bonchev–Trinajstić information content (AvgIpc) is 3.16. The van der Waals surface area contributed by atoms with Crippen LogP contribution in [0.4, 0.5) is 19.0 Å². The zero-order chi connectivity index (χ0) is 30.6. The molecule has 3 atom stereocenters. The van der Waals surface area contributed by atoms with E-state index in [4.69, 9.17) is 27.9 Å². The highest BCUT2D eigenvalue weighted by atomic mass is 127. The molecule has 2 N–H and O–H groups in total. The van der Waals surface area contributed by atoms with Gasteiger partial charge in [-0.2, -0.15) is 18.2 Å². The van der Waals surface area contributed by atoms with Gasteiger partial charge in [0.05, 0.1) is 32.6 Å². The molecule has 42 heavy (non-hydrogen) atoms. The summed E-state index contributed by atoms with van der Waals surface area (Å²) in [4.78, 5) is 32.4. The van der Waals surface area contributed by atoms with E-state index in [1.807, 2.05) is 28.7 Å². The van der Waals surface area contributed by atoms with Crippen LogP contribution in [0.15, 0.2) is 73.0 Å². The van der Waals surface area contributed by atoms with Crippen LogP contribution in [0.2, 0.25) is 10.0 Å². The van der Waals surface area contributed by atoms with Crippen molar-refractivity contribution in [1.82, 2.24) is 9.99 Å². The van der Waals surface area contributed by atoms with E-state index in [1.165, 1.54) is 7.11 Å². The zero-order valence-corrected chi connectivity index (χ0v) is 25.3. The number of phenolic OH excluding ortho intramolecular Hbond substituents is 1. The maximum Gasteiger partial charge on any atom is 0.417 e. The number of hydrogen-bond donors (Lipinski definition) is 2. The molecule has 1 aromatic heterocycles. The van der Waals surface area contributed by atoms with Crippen LogP contribution < -0.4 is 10.2 Å². The number of hydrazine groups is 1. The number of rotatable bonds is 6. The number of phenols is 1. The Labute approximate surface area is 262 Å². The van der Waals surface area contributed by atoms with Crippen LogP contribution in [0.3, 0.4) is 0 Å². The van der Waals surface area contributed by atoms with E-state index in [0.29, 0.717) is 37.6 Å². The summed E-state index contributed by atoms with van der Waals surface area (Å²) in [6.45, 7) is 3.95. The third kappa shape index (κ3) is 4.80. The minimum absolute atomic E-state index is 0.0842. The molecule has 5 rings (SSSR count). The number of aromatic hydroxyl groups is 1. The van der Waals surface area contributed by atoms with Crippen molar-refractivity contribution < 1.29 is 32.6 Å². The first-order valence-electron chi connectivity index (χ1n) is 12.4. The summed E-state index contributed by atoms with van der Waals surface area (Å²) < 4.78 is 45.4. The van der Waals surface area contributed by atoms with Crippen molar-refractivity contribution in [3.05, 3.63) is 103 Å². The van der Waals surface area contributed by atoms with E-state index in [-0.39, 0.29) is 23.7 Å². The molecular formula is C29H21Cl2F3IN3O4. The van der Waals surface area contributed by atoms with E-state index < -0.39 is 45.8 Å². The Balaban J connectivity index is 1.72. The molecule has 3 aromatic rings. The number of nitrogens with zero attached hydrogens (tertiary/aromatic N) is 2. The van der Waals surface area contributed by atoms with Crippen molar-refractivity contribution in [3.8, 4) is 11.5 Å². The number of methoxy groups -OCH3 is 1. The molecule has 2 aromatic carbocycles. The van der Waals surface area contributed by atoms with Crippen molar-refractivity contribution in [2.75, 3.05) is 12.5 Å². The molecule has 218 valence electrons. The Morgan fingerprint density at radius 3 is 2.50 bits per heavy atom. The number of carbonyl (C=O) groups excluding carboxylic acids is 2. The second-order valence-electron chi connectivity index (χ2n) is 9.70. The molecule has 3 unspecified atom stereocenters. The summed E-state index contributed by atoms with van der Waals surface area (Å²) in [7, 11) is 1.40. The van der Waals surface area contributed by atoms with Crippen LogP contribution >= 0.6 is 45.8 Å². The Morgan fingerprint density at radius 1 is 1.21 bits per heavy atom. The van der Waals surface area contributed by atoms with Gasteiger partial charge in [-0.3, -0.25) is 15.0 Å². The molecule has 2 aliphatic rings. The third-order valence-corrected chi connectivity index (χ3v) is 8.91. The van der Waals surface area contributed by atoms with Crippen LogP contribution in [0.1, 0.15) is 29.0 Å². The molecule has 0 spiro atoms. The fourth-order valence-electron chi connectivity index (χ4n) is 5.71. The molecule has 1 fully saturated rings. The summed E-state index contributed by atoms with van der Waals surface area (Å²) >= 11 is 14.3. The van der Waals surface area contributed by atoms with Crippen LogP contribution in [-0.2, 0) is 21.2 Å². The lowest BCUT2D eigenvalue weighted by atomic mass is 9.56. The van der Waals surface area contributed by atoms with Gasteiger partial charge in [0.2, 0.25) is 0 Å². The Bertz CT molecular complexity index is 1650. The van der Waals surface area contributed by atoms with E-state index >= 15 is 0 Å². The molecule has 0 saturated carbocycles. The molecule has 2 amide bonds. The Hall–Kier alpha value is -3.29. The number of carbonyl (C=O) groups is 2. The summed E-state index contributed by atoms with van der Waals surface area (Å²) in [5, 5.41) is 11.3. The van der Waals surface area contributed by atoms with Gasteiger partial charge in [0.1, 0.15) is 0 Å². The molecule has 13 heteroatoms. The number of allylic oxidation sites excluding steroid dienone is 3. The number of imide groups is 1. The fourth-order valence-corrected chi connectivity index (χ4v) is 6.67. The Kier molecular flexibility index (Phi) is 7.96. The predicted molar refractivity (Wildman–Crippen MR) is 159 cm³/mol. The number of aromatic nitrogens is 1. The van der Waals surface area contributed by atoms with Crippen LogP contribution in [0.25, 0.3) is 0 Å². The number of benzene rings is 2. The number of pyridine rings is 1. The van der Waals surface area contributed by atoms with Crippen molar-refractivity contribution in [1.29, 1.82) is 0 Å². The first-order valence-corrected chi connectivity index (χ1v) is 14.2. The van der Waals surface area contributed by atoms with E-state index in [9.17, 15) is 27.9 Å². The molecule has 1 aliphatic carbocycles. The maximum atomic E-state index is 14.7. The van der Waals surface area contributed by atoms with Crippen molar-refractivity contribution >= 4 is 63.4 Å². The number of ether oxygens (including phenoxy) is 1. The van der Waals surface area contributed by atoms with Crippen molar-refractivity contribution in [2.45, 2.75) is 23.9 Å². The standard InChI is InChI=1S/C29H21Cl2F3IN3O4/c1-3-14-4-9-19-26(40)38(37-25-20(31)12-17(13-36-25)29(32,33)34)27(41)28(19,16-5-7-18(30)8-6-16)23(14)15-10-21(35)24(39)22(11-15)42-2/h3-8,10-13,19,23,39H,1,9H2,2H3,(H,36,37). The predicted octanol–water partition coefficient (Wildman–Crippen LogP) is 7.28. The molecule has 0 bridgehead atoms. The van der Waals surface area contributed by atoms with Gasteiger partial charge in [0, 0.05) is 17.1 Å². The number of fused-ring (bicyclic) bond motifs is 1. The number of anilines is 1. The maximum absolute atomic E-state index is 14.7. The highest BCUT2D eigenvalue weighted by Crippen LogP contribution is 2.58. The van der Waals surface area contributed by atoms with Crippen LogP contribution in [0, 0.1) is 9.49 Å². The number of alkyl halides is 3. The summed E-state index contributed by atoms with van der Waals surface area (Å²) in [5.41, 5.74) is 1.63. The number of halogens is 6. The fraction of sp³-hybridized carbons (Fsp3) is 0.207. The second-order valence-corrected chi connectivity index (χ2v) is 11.7. The lowest BCUT2D eigenvalue weighted by Crippen LogP contribution is -2.48. The molecule has 0 radical (unpaired) electrons. The second kappa shape index (κ2) is 11.1. The van der Waals surface area contributed by atoms with E-state index in [2.05, 4.69) is 17.0 Å². The first kappa shape index (κ1) is 30.2. The third-order valence-electron chi connectivity index (χ3n) is 7.55. The topological polar surface area (TPSA) is 91.8 Å². The highest BCUT2D eigenvalue weighted by Gasteiger charge is 2.66. The molecule has 7 nitrogen and oxygen atoms in total. The first-order chi connectivity index (χ1) is 19.8. The quantitative estimate of drug-likeness (QED) is 0.205.